The molecule has 2 N–H and O–H groups in total. The predicted octanol–water partition coefficient (Wildman–Crippen LogP) is 2.99. The molecular formula is C17H19N7OS2. The number of amides is 2. The van der Waals surface area contributed by atoms with Gasteiger partial charge in [-0.15, -0.1) is 11.3 Å². The maximum atomic E-state index is 12.0. The first-order valence-electron chi connectivity index (χ1n) is 8.38. The van der Waals surface area contributed by atoms with Gasteiger partial charge in [0.15, 0.2) is 5.13 Å². The topological polar surface area (TPSA) is 114 Å². The van der Waals surface area contributed by atoms with Crippen LogP contribution in [0.25, 0.3) is 10.6 Å². The van der Waals surface area contributed by atoms with Crippen LogP contribution in [0.15, 0.2) is 17.9 Å². The van der Waals surface area contributed by atoms with Crippen LogP contribution in [0.5, 0.6) is 0 Å². The van der Waals surface area contributed by atoms with E-state index in [-0.39, 0.29) is 6.42 Å². The van der Waals surface area contributed by atoms with Gasteiger partial charge in [-0.1, -0.05) is 11.3 Å². The lowest BCUT2D eigenvalue weighted by molar-refractivity contribution is 0.254. The van der Waals surface area contributed by atoms with Crippen molar-refractivity contribution in [3.8, 4) is 16.6 Å². The Bertz CT molecular complexity index is 982. The first-order valence-corrected chi connectivity index (χ1v) is 10.1. The Balaban J connectivity index is 1.79. The number of aryl methyl sites for hydroxylation is 2. The smallest absolute Gasteiger partial charge is 0.321 e. The van der Waals surface area contributed by atoms with Gasteiger partial charge < -0.3 is 10.3 Å². The van der Waals surface area contributed by atoms with Gasteiger partial charge in [0.1, 0.15) is 5.01 Å². The van der Waals surface area contributed by atoms with Crippen LogP contribution >= 0.6 is 22.7 Å². The van der Waals surface area contributed by atoms with Crippen molar-refractivity contribution in [2.24, 2.45) is 5.73 Å². The van der Waals surface area contributed by atoms with Crippen LogP contribution < -0.4 is 10.6 Å². The Morgan fingerprint density at radius 2 is 2.26 bits per heavy atom. The highest BCUT2D eigenvalue weighted by Gasteiger charge is 2.20. The first-order chi connectivity index (χ1) is 13.0. The minimum absolute atomic E-state index is 0.285. The van der Waals surface area contributed by atoms with Gasteiger partial charge in [0.05, 0.1) is 40.8 Å². The molecule has 10 heteroatoms. The molecule has 0 fully saturated rings. The largest absolute Gasteiger partial charge is 0.351 e. The van der Waals surface area contributed by atoms with E-state index in [0.29, 0.717) is 18.1 Å². The number of rotatable bonds is 7. The maximum Gasteiger partial charge on any atom is 0.321 e. The fraction of sp³-hybridized carbons (Fsp3) is 0.353. The Hall–Kier alpha value is -2.77. The molecule has 140 valence electrons. The molecule has 3 aromatic heterocycles. The van der Waals surface area contributed by atoms with Gasteiger partial charge in [-0.05, 0) is 13.8 Å². The molecule has 0 aromatic carbocycles. The van der Waals surface area contributed by atoms with Crippen LogP contribution in [-0.2, 0) is 19.4 Å². The second-order valence-electron chi connectivity index (χ2n) is 5.81. The normalized spacial score (nSPS) is 10.7. The molecule has 0 unspecified atom stereocenters. The monoisotopic (exact) mass is 401 g/mol. The van der Waals surface area contributed by atoms with E-state index >= 15 is 0 Å². The van der Waals surface area contributed by atoms with Gasteiger partial charge in [0.2, 0.25) is 0 Å². The number of carbonyl (C=O) groups excluding carboxylic acids is 1. The zero-order valence-electron chi connectivity index (χ0n) is 15.0. The second-order valence-corrected chi connectivity index (χ2v) is 7.73. The highest BCUT2D eigenvalue weighted by molar-refractivity contribution is 7.19. The summed E-state index contributed by atoms with van der Waals surface area (Å²) in [6.45, 7) is 5.17. The summed E-state index contributed by atoms with van der Waals surface area (Å²) in [6, 6.07) is 1.55. The Labute approximate surface area is 164 Å². The summed E-state index contributed by atoms with van der Waals surface area (Å²) in [5.74, 6) is 0. The number of anilines is 1. The molecule has 0 aliphatic heterocycles. The molecule has 27 heavy (non-hydrogen) atoms. The van der Waals surface area contributed by atoms with Gasteiger partial charge in [-0.3, -0.25) is 4.90 Å². The van der Waals surface area contributed by atoms with E-state index in [1.165, 1.54) is 27.6 Å². The number of aromatic nitrogens is 4. The lowest BCUT2D eigenvalue weighted by Gasteiger charge is -2.16. The predicted molar refractivity (Wildman–Crippen MR) is 106 cm³/mol. The minimum atomic E-state index is -0.548. The molecule has 0 radical (unpaired) electrons. The molecular weight excluding hydrogens is 382 g/mol. The van der Waals surface area contributed by atoms with Gasteiger partial charge in [-0.2, -0.15) is 5.26 Å². The van der Waals surface area contributed by atoms with E-state index < -0.39 is 6.03 Å². The SMILES string of the molecule is CCn1cnc(CCN(C(N)=O)c2nc(C)c(-c3csc(CC#N)n3)s2)c1. The van der Waals surface area contributed by atoms with Crippen molar-refractivity contribution in [1.29, 1.82) is 5.26 Å². The molecule has 0 aliphatic rings. The van der Waals surface area contributed by atoms with E-state index in [1.807, 2.05) is 30.0 Å². The summed E-state index contributed by atoms with van der Waals surface area (Å²) in [6.07, 6.45) is 4.61. The van der Waals surface area contributed by atoms with Crippen molar-refractivity contribution in [2.45, 2.75) is 33.2 Å². The second kappa shape index (κ2) is 8.28. The van der Waals surface area contributed by atoms with E-state index in [9.17, 15) is 4.79 Å². The third-order valence-corrected chi connectivity index (χ3v) is 5.99. The number of hydrogen-bond donors (Lipinski definition) is 1. The molecule has 0 saturated carbocycles. The third kappa shape index (κ3) is 4.32. The molecule has 8 nitrogen and oxygen atoms in total. The van der Waals surface area contributed by atoms with E-state index in [4.69, 9.17) is 11.0 Å². The van der Waals surface area contributed by atoms with E-state index in [1.54, 1.807) is 6.33 Å². The average Bonchev–Trinajstić information content (AvgIpc) is 3.35. The molecule has 0 atom stereocenters. The summed E-state index contributed by atoms with van der Waals surface area (Å²) in [7, 11) is 0. The van der Waals surface area contributed by atoms with Crippen LogP contribution in [0, 0.1) is 18.3 Å². The summed E-state index contributed by atoms with van der Waals surface area (Å²) >= 11 is 2.82. The number of carbonyl (C=O) groups is 1. The van der Waals surface area contributed by atoms with Crippen molar-refractivity contribution in [3.63, 3.8) is 0 Å². The Kier molecular flexibility index (Phi) is 5.83. The maximum absolute atomic E-state index is 12.0. The molecule has 2 amide bonds. The van der Waals surface area contributed by atoms with Crippen LogP contribution in [0.2, 0.25) is 0 Å². The quantitative estimate of drug-likeness (QED) is 0.654. The Morgan fingerprint density at radius 1 is 1.44 bits per heavy atom. The van der Waals surface area contributed by atoms with Crippen molar-refractivity contribution in [2.75, 3.05) is 11.4 Å². The molecule has 3 heterocycles. The first kappa shape index (κ1) is 19.0. The molecule has 0 bridgehead atoms. The van der Waals surface area contributed by atoms with Gasteiger partial charge >= 0.3 is 6.03 Å². The fourth-order valence-corrected chi connectivity index (χ4v) is 4.39. The molecule has 0 aliphatic carbocycles. The fourth-order valence-electron chi connectivity index (χ4n) is 2.53. The van der Waals surface area contributed by atoms with E-state index in [2.05, 4.69) is 21.0 Å². The van der Waals surface area contributed by atoms with Gasteiger partial charge in [-0.25, -0.2) is 19.7 Å². The van der Waals surface area contributed by atoms with Crippen molar-refractivity contribution >= 4 is 33.8 Å². The number of hydrogen-bond acceptors (Lipinski definition) is 7. The molecule has 3 aromatic rings. The number of primary amides is 1. The van der Waals surface area contributed by atoms with Crippen LogP contribution in [0.1, 0.15) is 23.3 Å². The number of nitriles is 1. The molecule has 0 saturated heterocycles. The zero-order chi connectivity index (χ0) is 19.4. The van der Waals surface area contributed by atoms with E-state index in [0.717, 1.165) is 33.5 Å². The summed E-state index contributed by atoms with van der Waals surface area (Å²) in [4.78, 5) is 27.6. The highest BCUT2D eigenvalue weighted by Crippen LogP contribution is 2.35. The van der Waals surface area contributed by atoms with Crippen LogP contribution in [0.3, 0.4) is 0 Å². The minimum Gasteiger partial charge on any atom is -0.351 e. The highest BCUT2D eigenvalue weighted by atomic mass is 32.1. The lowest BCUT2D eigenvalue weighted by atomic mass is 10.3. The summed E-state index contributed by atoms with van der Waals surface area (Å²) in [5.41, 5.74) is 8.04. The van der Waals surface area contributed by atoms with Crippen LogP contribution in [-0.4, -0.2) is 32.1 Å². The number of nitrogens with two attached hydrogens (primary N) is 1. The third-order valence-electron chi connectivity index (χ3n) is 3.94. The number of imidazole rings is 1. The number of thiazole rings is 2. The van der Waals surface area contributed by atoms with Gasteiger partial charge in [0, 0.05) is 31.1 Å². The van der Waals surface area contributed by atoms with Crippen molar-refractivity contribution < 1.29 is 4.79 Å². The lowest BCUT2D eigenvalue weighted by Crippen LogP contribution is -2.37. The summed E-state index contributed by atoms with van der Waals surface area (Å²) < 4.78 is 1.98. The standard InChI is InChI=1S/C17H19N7OS2/c1-3-23-8-12(20-10-23)5-7-24(16(19)25)17-21-11(2)15(27-17)13-9-26-14(22-13)4-6-18/h8-10H,3-5,7H2,1-2H3,(H2,19,25). The average molecular weight is 402 g/mol. The zero-order valence-corrected chi connectivity index (χ0v) is 16.7. The summed E-state index contributed by atoms with van der Waals surface area (Å²) in [5, 5.41) is 12.0. The van der Waals surface area contributed by atoms with Gasteiger partial charge in [0.25, 0.3) is 0 Å². The number of nitrogens with zero attached hydrogens (tertiary/aromatic N) is 6. The van der Waals surface area contributed by atoms with Crippen molar-refractivity contribution in [1.82, 2.24) is 19.5 Å². The molecule has 0 spiro atoms. The van der Waals surface area contributed by atoms with Crippen LogP contribution in [0.4, 0.5) is 9.93 Å². The Morgan fingerprint density at radius 3 is 2.93 bits per heavy atom. The van der Waals surface area contributed by atoms with Crippen molar-refractivity contribution in [3.05, 3.63) is 34.3 Å². The molecule has 3 rings (SSSR count). The number of urea groups is 1.